The molecule has 3 heterocycles. The largest absolute Gasteiger partial charge is 0.472 e. The predicted octanol–water partition coefficient (Wildman–Crippen LogP) is 2.79. The Kier molecular flexibility index (Phi) is 4.84. The third-order valence-corrected chi connectivity index (χ3v) is 3.90. The van der Waals surface area contributed by atoms with Gasteiger partial charge in [0.2, 0.25) is 17.6 Å². The van der Waals surface area contributed by atoms with E-state index in [1.165, 1.54) is 18.3 Å². The lowest BCUT2D eigenvalue weighted by Gasteiger charge is -2.18. The van der Waals surface area contributed by atoms with Gasteiger partial charge in [-0.15, -0.1) is 0 Å². The standard InChI is InChI=1S/C16H17F3N4O3/c1-9(2)14(24)23-6-5-11(8-23)25-12-4-3-10(7-20-12)13-21-15(26-22-13)16(17,18)19/h3-4,7,9,11H,5-6,8H2,1-2H3. The molecule has 2 aromatic rings. The van der Waals surface area contributed by atoms with E-state index in [1.54, 1.807) is 4.90 Å². The number of halogens is 3. The molecule has 0 aliphatic carbocycles. The number of carbonyl (C=O) groups excluding carboxylic acids is 1. The highest BCUT2D eigenvalue weighted by molar-refractivity contribution is 5.78. The van der Waals surface area contributed by atoms with Crippen molar-refractivity contribution >= 4 is 5.91 Å². The lowest BCUT2D eigenvalue weighted by atomic mass is 10.2. The highest BCUT2D eigenvalue weighted by atomic mass is 19.4. The molecular weight excluding hydrogens is 353 g/mol. The number of ether oxygens (including phenoxy) is 1. The molecule has 3 rings (SSSR count). The second-order valence-corrected chi connectivity index (χ2v) is 6.27. The van der Waals surface area contributed by atoms with Crippen LogP contribution in [0.3, 0.4) is 0 Å². The Labute approximate surface area is 147 Å². The molecule has 0 radical (unpaired) electrons. The van der Waals surface area contributed by atoms with Crippen molar-refractivity contribution in [2.45, 2.75) is 32.5 Å². The second kappa shape index (κ2) is 6.93. The van der Waals surface area contributed by atoms with Crippen LogP contribution in [0.15, 0.2) is 22.9 Å². The van der Waals surface area contributed by atoms with Crippen LogP contribution in [0.1, 0.15) is 26.2 Å². The number of nitrogens with zero attached hydrogens (tertiary/aromatic N) is 4. The van der Waals surface area contributed by atoms with Gasteiger partial charge >= 0.3 is 12.1 Å². The summed E-state index contributed by atoms with van der Waals surface area (Å²) in [6.07, 6.45) is -2.85. The summed E-state index contributed by atoms with van der Waals surface area (Å²) in [5.74, 6) is -1.28. The molecule has 140 valence electrons. The number of likely N-dealkylation sites (tertiary alicyclic amines) is 1. The van der Waals surface area contributed by atoms with Crippen molar-refractivity contribution in [2.24, 2.45) is 5.92 Å². The van der Waals surface area contributed by atoms with E-state index >= 15 is 0 Å². The fraction of sp³-hybridized carbons (Fsp3) is 0.500. The van der Waals surface area contributed by atoms with Gasteiger partial charge in [0.1, 0.15) is 6.10 Å². The summed E-state index contributed by atoms with van der Waals surface area (Å²) in [5, 5.41) is 3.30. The molecule has 0 spiro atoms. The summed E-state index contributed by atoms with van der Waals surface area (Å²) in [6, 6.07) is 3.02. The van der Waals surface area contributed by atoms with Crippen molar-refractivity contribution in [1.82, 2.24) is 20.0 Å². The maximum Gasteiger partial charge on any atom is 0.471 e. The van der Waals surface area contributed by atoms with Gasteiger partial charge in [0.25, 0.3) is 0 Å². The highest BCUT2D eigenvalue weighted by Crippen LogP contribution is 2.29. The Hall–Kier alpha value is -2.65. The molecule has 10 heteroatoms. The third-order valence-electron chi connectivity index (χ3n) is 3.90. The van der Waals surface area contributed by atoms with Gasteiger partial charge in [-0.05, 0) is 6.07 Å². The minimum absolute atomic E-state index is 0.0669. The molecule has 7 nitrogen and oxygen atoms in total. The zero-order valence-electron chi connectivity index (χ0n) is 14.2. The molecule has 0 saturated carbocycles. The molecule has 1 unspecified atom stereocenters. The van der Waals surface area contributed by atoms with Gasteiger partial charge in [-0.3, -0.25) is 4.79 Å². The molecule has 26 heavy (non-hydrogen) atoms. The van der Waals surface area contributed by atoms with Crippen LogP contribution in [0.25, 0.3) is 11.4 Å². The second-order valence-electron chi connectivity index (χ2n) is 6.27. The minimum Gasteiger partial charge on any atom is -0.472 e. The fourth-order valence-corrected chi connectivity index (χ4v) is 2.60. The quantitative estimate of drug-likeness (QED) is 0.823. The van der Waals surface area contributed by atoms with Gasteiger partial charge in [0.05, 0.1) is 6.54 Å². The zero-order valence-corrected chi connectivity index (χ0v) is 14.2. The summed E-state index contributed by atoms with van der Waals surface area (Å²) in [4.78, 5) is 21.1. The normalized spacial score (nSPS) is 17.8. The molecule has 1 saturated heterocycles. The van der Waals surface area contributed by atoms with E-state index in [0.29, 0.717) is 25.4 Å². The van der Waals surface area contributed by atoms with E-state index in [0.717, 1.165) is 0 Å². The van der Waals surface area contributed by atoms with Crippen molar-refractivity contribution in [3.8, 4) is 17.3 Å². The Balaban J connectivity index is 1.62. The molecule has 0 aromatic carbocycles. The van der Waals surface area contributed by atoms with Crippen LogP contribution in [-0.2, 0) is 11.0 Å². The number of hydrogen-bond donors (Lipinski definition) is 0. The predicted molar refractivity (Wildman–Crippen MR) is 83.0 cm³/mol. The van der Waals surface area contributed by atoms with Crippen LogP contribution in [0.4, 0.5) is 13.2 Å². The van der Waals surface area contributed by atoms with Crippen LogP contribution >= 0.6 is 0 Å². The van der Waals surface area contributed by atoms with Gasteiger partial charge in [0, 0.05) is 36.7 Å². The summed E-state index contributed by atoms with van der Waals surface area (Å²) in [7, 11) is 0. The lowest BCUT2D eigenvalue weighted by molar-refractivity contribution is -0.159. The first-order valence-corrected chi connectivity index (χ1v) is 8.07. The molecule has 1 aliphatic heterocycles. The average Bonchev–Trinajstić information content (AvgIpc) is 3.24. The van der Waals surface area contributed by atoms with Crippen molar-refractivity contribution in [3.05, 3.63) is 24.2 Å². The SMILES string of the molecule is CC(C)C(=O)N1CCC(Oc2ccc(-c3noc(C(F)(F)F)n3)cn2)C1. The van der Waals surface area contributed by atoms with Crippen molar-refractivity contribution in [3.63, 3.8) is 0 Å². The summed E-state index contributed by atoms with van der Waals surface area (Å²) in [6.45, 7) is 4.81. The molecule has 0 N–H and O–H groups in total. The van der Waals surface area contributed by atoms with Crippen LogP contribution in [-0.4, -0.2) is 45.1 Å². The maximum atomic E-state index is 12.5. The van der Waals surface area contributed by atoms with E-state index in [2.05, 4.69) is 19.6 Å². The Morgan fingerprint density at radius 3 is 2.73 bits per heavy atom. The first-order chi connectivity index (χ1) is 12.2. The van der Waals surface area contributed by atoms with E-state index in [-0.39, 0.29) is 29.3 Å². The maximum absolute atomic E-state index is 12.5. The number of alkyl halides is 3. The van der Waals surface area contributed by atoms with E-state index < -0.39 is 12.1 Å². The van der Waals surface area contributed by atoms with E-state index in [9.17, 15) is 18.0 Å². The topological polar surface area (TPSA) is 81.4 Å². The Bertz CT molecular complexity index is 774. The molecule has 2 aromatic heterocycles. The molecule has 1 amide bonds. The monoisotopic (exact) mass is 370 g/mol. The van der Waals surface area contributed by atoms with Crippen LogP contribution in [0, 0.1) is 5.92 Å². The van der Waals surface area contributed by atoms with Crippen LogP contribution < -0.4 is 4.74 Å². The Morgan fingerprint density at radius 2 is 2.15 bits per heavy atom. The number of hydrogen-bond acceptors (Lipinski definition) is 6. The third kappa shape index (κ3) is 3.94. The zero-order chi connectivity index (χ0) is 18.9. The summed E-state index contributed by atoms with van der Waals surface area (Å²) in [5.41, 5.74) is 0.277. The smallest absolute Gasteiger partial charge is 0.471 e. The number of carbonyl (C=O) groups is 1. The minimum atomic E-state index is -4.69. The van der Waals surface area contributed by atoms with Crippen molar-refractivity contribution in [2.75, 3.05) is 13.1 Å². The van der Waals surface area contributed by atoms with Crippen molar-refractivity contribution < 1.29 is 27.2 Å². The number of rotatable bonds is 4. The van der Waals surface area contributed by atoms with Gasteiger partial charge in [-0.25, -0.2) is 4.98 Å². The van der Waals surface area contributed by atoms with E-state index in [4.69, 9.17) is 4.74 Å². The van der Waals surface area contributed by atoms with Gasteiger partial charge < -0.3 is 14.2 Å². The molecule has 1 fully saturated rings. The number of amides is 1. The summed E-state index contributed by atoms with van der Waals surface area (Å²) < 4.78 is 47.4. The first-order valence-electron chi connectivity index (χ1n) is 8.07. The van der Waals surface area contributed by atoms with Crippen molar-refractivity contribution in [1.29, 1.82) is 0 Å². The van der Waals surface area contributed by atoms with E-state index in [1.807, 2.05) is 13.8 Å². The molecule has 1 atom stereocenters. The average molecular weight is 370 g/mol. The molecular formula is C16H17F3N4O3. The van der Waals surface area contributed by atoms with Gasteiger partial charge in [-0.1, -0.05) is 19.0 Å². The van der Waals surface area contributed by atoms with Crippen LogP contribution in [0.2, 0.25) is 0 Å². The van der Waals surface area contributed by atoms with Crippen LogP contribution in [0.5, 0.6) is 5.88 Å². The molecule has 0 bridgehead atoms. The number of aromatic nitrogens is 3. The van der Waals surface area contributed by atoms with Gasteiger partial charge in [0.15, 0.2) is 0 Å². The highest BCUT2D eigenvalue weighted by Gasteiger charge is 2.38. The van der Waals surface area contributed by atoms with Gasteiger partial charge in [-0.2, -0.15) is 18.2 Å². The fourth-order valence-electron chi connectivity index (χ4n) is 2.60. The number of pyridine rings is 1. The molecule has 1 aliphatic rings. The Morgan fingerprint density at radius 1 is 1.38 bits per heavy atom. The summed E-state index contributed by atoms with van der Waals surface area (Å²) >= 11 is 0. The first kappa shape index (κ1) is 18.2. The lowest BCUT2D eigenvalue weighted by Crippen LogP contribution is -2.33.